The lowest BCUT2D eigenvalue weighted by molar-refractivity contribution is -0.398. The number of aliphatic hydroxyl groups is 14. The second-order valence-electron chi connectivity index (χ2n) is 26.7. The number of allylic oxidation sites excluding steroid dienone is 1. The second kappa shape index (κ2) is 26.4. The van der Waals surface area contributed by atoms with Gasteiger partial charge < -0.3 is 119 Å². The highest BCUT2D eigenvalue weighted by Gasteiger charge is 2.66. The zero-order valence-corrected chi connectivity index (χ0v) is 50.3. The van der Waals surface area contributed by atoms with Crippen molar-refractivity contribution in [1.82, 2.24) is 0 Å². The second-order valence-corrected chi connectivity index (χ2v) is 27.8. The first kappa shape index (κ1) is 68.7. The molecule has 5 saturated heterocycles. The Morgan fingerprint density at radius 2 is 1.19 bits per heavy atom. The zero-order valence-electron chi connectivity index (χ0n) is 49.5. The van der Waals surface area contributed by atoms with Gasteiger partial charge >= 0.3 is 10.4 Å². The molecule has 34 atom stereocenters. The van der Waals surface area contributed by atoms with E-state index in [1.54, 1.807) is 6.92 Å². The van der Waals surface area contributed by atoms with Crippen LogP contribution in [0.1, 0.15) is 107 Å². The first-order valence-corrected chi connectivity index (χ1v) is 31.4. The van der Waals surface area contributed by atoms with Gasteiger partial charge in [0.2, 0.25) is 0 Å². The van der Waals surface area contributed by atoms with E-state index in [4.69, 9.17) is 51.6 Å². The van der Waals surface area contributed by atoms with E-state index >= 15 is 0 Å². The SMILES string of the molecule is CC(C)CC(=O)CC(C)(O)C1CCC2C3CC(OC4OC(C)C(O)C(OC5OCC(OC6OC(CO)C(O)C(O)C6OC6OC(C)C(O)C(O)C6O)C(O)C5OC5OC(C)C(O)C(O)C5O)C4O)C4CC(OS(=O)(=O)O)CCC4(C)C3=CC(O)C21C. The molecule has 29 nitrogen and oxygen atoms in total. The standard InChI is InChI=1S/C56H92O29S/c1-20(2)13-24(58)17-55(7,71)33-10-9-27-26-15-30(29-14-25(85-86(72,73)74)11-12-54(29,6)28(26)16-34(59)56(27,33)8)79-51-45(70)46(37(62)23(5)78-51)82-52-47(83-49-43(68)40(65)35(60)21(3)76-49)39(64)32(19-75-52)81-53-48(42(67)38(63)31(18-57)80-53)84-50-44(69)41(66)36(61)22(4)77-50/h16,20-23,25-27,29-53,57,59-71H,9-15,17-19H2,1-8H3,(H,72,73,74). The molecule has 3 saturated carbocycles. The Labute approximate surface area is 498 Å². The van der Waals surface area contributed by atoms with Crippen LogP contribution in [0.4, 0.5) is 0 Å². The smallest absolute Gasteiger partial charge is 0.394 e. The maximum Gasteiger partial charge on any atom is 0.397 e. The summed E-state index contributed by atoms with van der Waals surface area (Å²) in [4.78, 5) is 13.2. The fourth-order valence-corrected chi connectivity index (χ4v) is 16.3. The topological polar surface area (TPSA) is 456 Å². The molecule has 5 aliphatic heterocycles. The summed E-state index contributed by atoms with van der Waals surface area (Å²) in [6.45, 7) is 12.0. The maximum absolute atomic E-state index is 13.2. The third-order valence-corrected chi connectivity index (χ3v) is 20.9. The van der Waals surface area contributed by atoms with Gasteiger partial charge in [0.1, 0.15) is 103 Å². The van der Waals surface area contributed by atoms with Crippen molar-refractivity contribution >= 4 is 16.2 Å². The average molecular weight is 1260 g/mol. The largest absolute Gasteiger partial charge is 0.397 e. The Morgan fingerprint density at radius 1 is 0.640 bits per heavy atom. The predicted octanol–water partition coefficient (Wildman–Crippen LogP) is -3.71. The Kier molecular flexibility index (Phi) is 21.1. The Balaban J connectivity index is 0.991. The fourth-order valence-electron chi connectivity index (χ4n) is 15.7. The first-order chi connectivity index (χ1) is 40.1. The van der Waals surface area contributed by atoms with E-state index in [2.05, 4.69) is 0 Å². The summed E-state index contributed by atoms with van der Waals surface area (Å²) in [5.41, 5.74) is -2.36. The van der Waals surface area contributed by atoms with Crippen molar-refractivity contribution in [3.63, 3.8) is 0 Å². The number of aliphatic hydroxyl groups excluding tert-OH is 13. The van der Waals surface area contributed by atoms with Gasteiger partial charge in [-0.3, -0.25) is 9.35 Å². The molecule has 0 aromatic heterocycles. The molecular formula is C56H92O29S. The summed E-state index contributed by atoms with van der Waals surface area (Å²) in [6, 6.07) is 0. The summed E-state index contributed by atoms with van der Waals surface area (Å²) in [5.74, 6) is -1.78. The van der Waals surface area contributed by atoms with Crippen LogP contribution in [0.25, 0.3) is 0 Å². The zero-order chi connectivity index (χ0) is 63.2. The highest BCUT2D eigenvalue weighted by molar-refractivity contribution is 7.80. The number of hydrogen-bond donors (Lipinski definition) is 15. The van der Waals surface area contributed by atoms with Crippen molar-refractivity contribution in [2.24, 2.45) is 40.4 Å². The quantitative estimate of drug-likeness (QED) is 0.0464. The van der Waals surface area contributed by atoms with Crippen molar-refractivity contribution in [2.75, 3.05) is 13.2 Å². The van der Waals surface area contributed by atoms with E-state index < -0.39 is 218 Å². The van der Waals surface area contributed by atoms with Crippen LogP contribution in [-0.2, 0) is 66.7 Å². The molecule has 0 radical (unpaired) electrons. The van der Waals surface area contributed by atoms with Crippen LogP contribution in [0.5, 0.6) is 0 Å². The minimum absolute atomic E-state index is 0.0104. The van der Waals surface area contributed by atoms with Crippen LogP contribution in [0.2, 0.25) is 0 Å². The lowest BCUT2D eigenvalue weighted by atomic mass is 9.47. The average Bonchev–Trinajstić information content (AvgIpc) is 1.32. The highest BCUT2D eigenvalue weighted by Crippen LogP contribution is 2.67. The fraction of sp³-hybridized carbons (Fsp3) is 0.946. The van der Waals surface area contributed by atoms with Crippen LogP contribution in [-0.4, -0.2) is 275 Å². The molecule has 30 heteroatoms. The van der Waals surface area contributed by atoms with Crippen LogP contribution >= 0.6 is 0 Å². The molecule has 9 aliphatic rings. The van der Waals surface area contributed by atoms with Gasteiger partial charge in [0, 0.05) is 18.3 Å². The summed E-state index contributed by atoms with van der Waals surface area (Å²) in [7, 11) is -4.93. The van der Waals surface area contributed by atoms with Gasteiger partial charge in [-0.2, -0.15) is 8.42 Å². The van der Waals surface area contributed by atoms with Gasteiger partial charge in [0.25, 0.3) is 0 Å². The monoisotopic (exact) mass is 1260 g/mol. The number of fused-ring (bicyclic) bond motifs is 5. The first-order valence-electron chi connectivity index (χ1n) is 30.0. The number of carbonyl (C=O) groups is 1. The maximum atomic E-state index is 13.2. The number of hydrogen-bond acceptors (Lipinski definition) is 28. The Morgan fingerprint density at radius 3 is 1.76 bits per heavy atom. The van der Waals surface area contributed by atoms with Gasteiger partial charge in [-0.15, -0.1) is 0 Å². The third kappa shape index (κ3) is 13.3. The number of rotatable bonds is 18. The van der Waals surface area contributed by atoms with Gasteiger partial charge in [0.15, 0.2) is 31.5 Å². The van der Waals surface area contributed by atoms with Crippen molar-refractivity contribution in [1.29, 1.82) is 0 Å². The molecule has 0 aromatic carbocycles. The molecule has 0 amide bonds. The molecule has 0 aromatic rings. The van der Waals surface area contributed by atoms with E-state index in [1.807, 2.05) is 33.8 Å². The van der Waals surface area contributed by atoms with Gasteiger partial charge in [-0.25, -0.2) is 4.18 Å². The van der Waals surface area contributed by atoms with Gasteiger partial charge in [0.05, 0.1) is 55.4 Å². The van der Waals surface area contributed by atoms with E-state index in [-0.39, 0.29) is 55.6 Å². The van der Waals surface area contributed by atoms with Crippen LogP contribution in [0.3, 0.4) is 0 Å². The van der Waals surface area contributed by atoms with Crippen molar-refractivity contribution in [2.45, 2.75) is 278 Å². The third-order valence-electron chi connectivity index (χ3n) is 20.4. The minimum atomic E-state index is -4.93. The van der Waals surface area contributed by atoms with E-state index in [0.29, 0.717) is 19.3 Å². The number of ether oxygens (including phenoxy) is 10. The van der Waals surface area contributed by atoms with Gasteiger partial charge in [-0.1, -0.05) is 39.3 Å². The molecule has 4 aliphatic carbocycles. The molecule has 8 fully saturated rings. The molecular weight excluding hydrogens is 1170 g/mol. The van der Waals surface area contributed by atoms with Crippen molar-refractivity contribution in [3.8, 4) is 0 Å². The molecule has 9 rings (SSSR count). The normalized spacial score (nSPS) is 51.7. The Bertz CT molecular complexity index is 2460. The Hall–Kier alpha value is -1.68. The lowest BCUT2D eigenvalue weighted by Crippen LogP contribution is -2.67. The summed E-state index contributed by atoms with van der Waals surface area (Å²) < 4.78 is 100. The van der Waals surface area contributed by atoms with E-state index in [1.165, 1.54) is 20.8 Å². The van der Waals surface area contributed by atoms with Crippen LogP contribution in [0, 0.1) is 40.4 Å². The van der Waals surface area contributed by atoms with Gasteiger partial charge in [-0.05, 0) is 101 Å². The molecule has 496 valence electrons. The summed E-state index contributed by atoms with van der Waals surface area (Å²) in [6.07, 6.45) is -40.7. The molecule has 0 bridgehead atoms. The molecule has 5 heterocycles. The van der Waals surface area contributed by atoms with Crippen LogP contribution in [0.15, 0.2) is 11.6 Å². The number of Topliss-reactive ketones (excluding diaryl/α,β-unsaturated/α-hetero) is 1. The van der Waals surface area contributed by atoms with Crippen molar-refractivity contribution < 1.29 is 141 Å². The molecule has 86 heavy (non-hydrogen) atoms. The van der Waals surface area contributed by atoms with E-state index in [9.17, 15) is 89.3 Å². The highest BCUT2D eigenvalue weighted by atomic mass is 32.3. The van der Waals surface area contributed by atoms with Crippen LogP contribution < -0.4 is 0 Å². The predicted molar refractivity (Wildman–Crippen MR) is 287 cm³/mol. The lowest BCUT2D eigenvalue weighted by Gasteiger charge is -2.60. The summed E-state index contributed by atoms with van der Waals surface area (Å²) >= 11 is 0. The molecule has 15 N–H and O–H groups in total. The van der Waals surface area contributed by atoms with Crippen molar-refractivity contribution in [3.05, 3.63) is 11.6 Å². The van der Waals surface area contributed by atoms with E-state index in [0.717, 1.165) is 5.57 Å². The number of ketones is 1. The molecule has 0 spiro atoms. The number of carbonyl (C=O) groups excluding carboxylic acids is 1. The summed E-state index contributed by atoms with van der Waals surface area (Å²) in [5, 5.41) is 158. The molecule has 34 unspecified atom stereocenters. The minimum Gasteiger partial charge on any atom is -0.394 e.